The van der Waals surface area contributed by atoms with Gasteiger partial charge in [-0.3, -0.25) is 0 Å². The van der Waals surface area contributed by atoms with Crippen molar-refractivity contribution in [3.63, 3.8) is 0 Å². The van der Waals surface area contributed by atoms with Crippen LogP contribution in [-0.2, 0) is 18.4 Å². The quantitative estimate of drug-likeness (QED) is 0.813. The lowest BCUT2D eigenvalue weighted by atomic mass is 9.78. The number of aliphatic hydroxyl groups is 1. The van der Waals surface area contributed by atoms with Crippen LogP contribution in [-0.4, -0.2) is 34.3 Å². The Hall–Kier alpha value is -2.14. The second-order valence-electron chi connectivity index (χ2n) is 8.47. The smallest absolute Gasteiger partial charge is 0.225 e. The molecule has 5 heteroatoms. The van der Waals surface area contributed by atoms with E-state index in [4.69, 9.17) is 4.98 Å². The fourth-order valence-electron chi connectivity index (χ4n) is 3.78. The van der Waals surface area contributed by atoms with Gasteiger partial charge in [-0.1, -0.05) is 58.9 Å². The first-order valence-corrected chi connectivity index (χ1v) is 9.92. The van der Waals surface area contributed by atoms with E-state index in [1.165, 1.54) is 11.1 Å². The van der Waals surface area contributed by atoms with Crippen LogP contribution in [0.25, 0.3) is 0 Å². The molecule has 0 bridgehead atoms. The van der Waals surface area contributed by atoms with Crippen molar-refractivity contribution in [2.75, 3.05) is 23.4 Å². The first-order valence-electron chi connectivity index (χ1n) is 9.92. The van der Waals surface area contributed by atoms with Crippen LogP contribution < -0.4 is 10.2 Å². The molecule has 1 atom stereocenters. The van der Waals surface area contributed by atoms with Crippen LogP contribution in [0.4, 0.5) is 11.8 Å². The number of aryl methyl sites for hydroxylation is 1. The second kappa shape index (κ2) is 7.85. The molecule has 2 aromatic rings. The molecule has 0 saturated heterocycles. The van der Waals surface area contributed by atoms with Gasteiger partial charge < -0.3 is 15.3 Å². The Bertz CT molecular complexity index is 788. The van der Waals surface area contributed by atoms with Gasteiger partial charge in [0.25, 0.3) is 0 Å². The normalized spacial score (nSPS) is 16.9. The van der Waals surface area contributed by atoms with Gasteiger partial charge >= 0.3 is 0 Å². The molecule has 0 amide bonds. The van der Waals surface area contributed by atoms with Crippen LogP contribution in [0.1, 0.15) is 51.4 Å². The number of nitrogens with zero attached hydrogens (tertiary/aromatic N) is 3. The minimum Gasteiger partial charge on any atom is -0.394 e. The minimum atomic E-state index is -0.0523. The number of aromatic nitrogens is 2. The Morgan fingerprint density at radius 3 is 2.63 bits per heavy atom. The highest BCUT2D eigenvalue weighted by Crippen LogP contribution is 2.35. The maximum atomic E-state index is 9.65. The van der Waals surface area contributed by atoms with E-state index >= 15 is 0 Å². The minimum absolute atomic E-state index is 0.0523. The van der Waals surface area contributed by atoms with Crippen LogP contribution in [0.2, 0.25) is 0 Å². The number of fused-ring (bicyclic) bond motifs is 1. The van der Waals surface area contributed by atoms with Gasteiger partial charge in [0.1, 0.15) is 5.82 Å². The molecule has 2 N–H and O–H groups in total. The first-order chi connectivity index (χ1) is 12.8. The van der Waals surface area contributed by atoms with Crippen LogP contribution >= 0.6 is 0 Å². The van der Waals surface area contributed by atoms with Crippen molar-refractivity contribution in [2.45, 2.75) is 59.0 Å². The van der Waals surface area contributed by atoms with Crippen molar-refractivity contribution in [1.29, 1.82) is 0 Å². The van der Waals surface area contributed by atoms with E-state index in [0.29, 0.717) is 11.9 Å². The van der Waals surface area contributed by atoms with Gasteiger partial charge in [-0.15, -0.1) is 0 Å². The summed E-state index contributed by atoms with van der Waals surface area (Å²) in [5.74, 6) is 1.86. The van der Waals surface area contributed by atoms with Crippen molar-refractivity contribution in [1.82, 2.24) is 9.97 Å². The summed E-state index contributed by atoms with van der Waals surface area (Å²) in [7, 11) is 0. The Morgan fingerprint density at radius 2 is 1.96 bits per heavy atom. The molecule has 1 aliphatic heterocycles. The molecule has 0 saturated carbocycles. The van der Waals surface area contributed by atoms with E-state index in [-0.39, 0.29) is 18.1 Å². The molecular formula is C22H32N4O. The maximum Gasteiger partial charge on any atom is 0.225 e. The number of aliphatic hydroxyl groups excluding tert-OH is 1. The molecular weight excluding hydrogens is 336 g/mol. The fraction of sp³-hybridized carbons (Fsp3) is 0.545. The summed E-state index contributed by atoms with van der Waals surface area (Å²) in [5.41, 5.74) is 3.85. The third-order valence-corrected chi connectivity index (χ3v) is 5.46. The Morgan fingerprint density at radius 1 is 1.22 bits per heavy atom. The molecule has 0 spiro atoms. The van der Waals surface area contributed by atoms with Crippen LogP contribution in [0.15, 0.2) is 30.3 Å². The molecule has 5 nitrogen and oxygen atoms in total. The molecule has 2 heterocycles. The molecule has 1 aromatic heterocycles. The number of rotatable bonds is 6. The van der Waals surface area contributed by atoms with E-state index < -0.39 is 0 Å². The topological polar surface area (TPSA) is 61.3 Å². The molecule has 0 radical (unpaired) electrons. The van der Waals surface area contributed by atoms with Gasteiger partial charge in [-0.05, 0) is 23.5 Å². The highest BCUT2D eigenvalue weighted by Gasteiger charge is 2.32. The monoisotopic (exact) mass is 368 g/mol. The number of anilines is 2. The second-order valence-corrected chi connectivity index (χ2v) is 8.47. The summed E-state index contributed by atoms with van der Waals surface area (Å²) in [5, 5.41) is 13.0. The zero-order chi connectivity index (χ0) is 19.6. The predicted octanol–water partition coefficient (Wildman–Crippen LogP) is 3.77. The Kier molecular flexibility index (Phi) is 5.70. The predicted molar refractivity (Wildman–Crippen MR) is 111 cm³/mol. The van der Waals surface area contributed by atoms with Crippen LogP contribution in [0, 0.1) is 5.92 Å². The van der Waals surface area contributed by atoms with Gasteiger partial charge in [0, 0.05) is 30.3 Å². The number of hydrogen-bond donors (Lipinski definition) is 2. The van der Waals surface area contributed by atoms with Crippen LogP contribution in [0.5, 0.6) is 0 Å². The molecule has 1 aliphatic rings. The van der Waals surface area contributed by atoms with Crippen molar-refractivity contribution in [3.8, 4) is 0 Å². The zero-order valence-electron chi connectivity index (χ0n) is 17.2. The van der Waals surface area contributed by atoms with Gasteiger partial charge in [0.05, 0.1) is 12.6 Å². The summed E-state index contributed by atoms with van der Waals surface area (Å²) in [6, 6.07) is 10.7. The largest absolute Gasteiger partial charge is 0.394 e. The third kappa shape index (κ3) is 4.24. The van der Waals surface area contributed by atoms with Crippen molar-refractivity contribution < 1.29 is 5.11 Å². The lowest BCUT2D eigenvalue weighted by molar-refractivity contribution is 0.248. The molecule has 1 aromatic carbocycles. The van der Waals surface area contributed by atoms with Crippen molar-refractivity contribution in [2.24, 2.45) is 5.92 Å². The van der Waals surface area contributed by atoms with Gasteiger partial charge in [-0.25, -0.2) is 4.98 Å². The standard InChI is InChI=1S/C22H32N4O/c1-6-17-11-20(25-21(23-17)24-19(13-27)15(2)3)26-12-16-9-7-8-10-18(16)22(4,5)14-26/h7-11,15,19,27H,6,12-14H2,1-5H3,(H,23,24,25)/t19-/m1/s1. The molecule has 27 heavy (non-hydrogen) atoms. The first kappa shape index (κ1) is 19.6. The fourth-order valence-corrected chi connectivity index (χ4v) is 3.78. The average Bonchev–Trinajstić information content (AvgIpc) is 2.65. The summed E-state index contributed by atoms with van der Waals surface area (Å²) >= 11 is 0. The lowest BCUT2D eigenvalue weighted by Gasteiger charge is -2.40. The van der Waals surface area contributed by atoms with Crippen LogP contribution in [0.3, 0.4) is 0 Å². The third-order valence-electron chi connectivity index (χ3n) is 5.46. The van der Waals surface area contributed by atoms with E-state index in [0.717, 1.165) is 31.0 Å². The van der Waals surface area contributed by atoms with Gasteiger partial charge in [0.2, 0.25) is 5.95 Å². The molecule has 0 unspecified atom stereocenters. The summed E-state index contributed by atoms with van der Waals surface area (Å²) in [4.78, 5) is 11.8. The maximum absolute atomic E-state index is 9.65. The van der Waals surface area contributed by atoms with E-state index in [9.17, 15) is 5.11 Å². The number of nitrogens with one attached hydrogen (secondary N) is 1. The highest BCUT2D eigenvalue weighted by atomic mass is 16.3. The Labute approximate surface area is 162 Å². The summed E-state index contributed by atoms with van der Waals surface area (Å²) in [6.45, 7) is 12.7. The highest BCUT2D eigenvalue weighted by molar-refractivity contribution is 5.50. The average molecular weight is 369 g/mol. The number of hydrogen-bond acceptors (Lipinski definition) is 5. The van der Waals surface area contributed by atoms with E-state index in [1.807, 2.05) is 0 Å². The van der Waals surface area contributed by atoms with Gasteiger partial charge in [0.15, 0.2) is 0 Å². The molecule has 0 fully saturated rings. The van der Waals surface area contributed by atoms with Gasteiger partial charge in [-0.2, -0.15) is 4.98 Å². The molecule has 3 rings (SSSR count). The molecule has 146 valence electrons. The molecule has 0 aliphatic carbocycles. The summed E-state index contributed by atoms with van der Waals surface area (Å²) in [6.07, 6.45) is 0.851. The Balaban J connectivity index is 1.94. The van der Waals surface area contributed by atoms with E-state index in [2.05, 4.69) is 80.2 Å². The lowest BCUT2D eigenvalue weighted by Crippen LogP contribution is -2.42. The van der Waals surface area contributed by atoms with Crippen molar-refractivity contribution >= 4 is 11.8 Å². The van der Waals surface area contributed by atoms with E-state index in [1.54, 1.807) is 0 Å². The summed E-state index contributed by atoms with van der Waals surface area (Å²) < 4.78 is 0. The SMILES string of the molecule is CCc1cc(N2Cc3ccccc3C(C)(C)C2)nc(N[C@H](CO)C(C)C)n1. The zero-order valence-corrected chi connectivity index (χ0v) is 17.2. The van der Waals surface area contributed by atoms with Crippen molar-refractivity contribution in [3.05, 3.63) is 47.2 Å². The number of benzene rings is 1.